The highest BCUT2D eigenvalue weighted by Gasteiger charge is 2.49. The highest BCUT2D eigenvalue weighted by molar-refractivity contribution is 6.07. The Morgan fingerprint density at radius 3 is 2.76 bits per heavy atom. The minimum atomic E-state index is -1.09. The molecule has 132 valence electrons. The van der Waals surface area contributed by atoms with Gasteiger partial charge in [0, 0.05) is 12.7 Å². The van der Waals surface area contributed by atoms with Crippen LogP contribution in [0, 0.1) is 13.8 Å². The van der Waals surface area contributed by atoms with Gasteiger partial charge in [0.05, 0.1) is 0 Å². The molecule has 0 aliphatic carbocycles. The van der Waals surface area contributed by atoms with Crippen LogP contribution in [0.5, 0.6) is 0 Å². The number of aryl methyl sites for hydroxylation is 1. The Morgan fingerprint density at radius 2 is 2.08 bits per heavy atom. The van der Waals surface area contributed by atoms with Crippen LogP contribution >= 0.6 is 0 Å². The molecule has 1 aromatic rings. The van der Waals surface area contributed by atoms with E-state index in [0.29, 0.717) is 0 Å². The smallest absolute Gasteiger partial charge is 0.325 e. The third kappa shape index (κ3) is 2.88. The fraction of sp³-hybridized carbons (Fsp3) is 0.375. The maximum Gasteiger partial charge on any atom is 0.325 e. The SMILES string of the molecule is Cc1cccc(NC2=NC3C(C(=O)NC(=O)N3C)N2CC(=O)O)c1C. The minimum absolute atomic E-state index is 0.253. The second-order valence-corrected chi connectivity index (χ2v) is 6.11. The highest BCUT2D eigenvalue weighted by Crippen LogP contribution is 2.26. The average Bonchev–Trinajstić information content (AvgIpc) is 2.88. The first kappa shape index (κ1) is 16.7. The molecule has 2 unspecified atom stereocenters. The van der Waals surface area contributed by atoms with E-state index in [2.05, 4.69) is 15.6 Å². The first-order chi connectivity index (χ1) is 11.8. The number of nitrogens with zero attached hydrogens (tertiary/aromatic N) is 3. The van der Waals surface area contributed by atoms with E-state index in [1.165, 1.54) is 16.8 Å². The van der Waals surface area contributed by atoms with Gasteiger partial charge in [-0.2, -0.15) is 0 Å². The number of anilines is 1. The largest absolute Gasteiger partial charge is 0.480 e. The molecule has 25 heavy (non-hydrogen) atoms. The molecule has 3 N–H and O–H groups in total. The average molecular weight is 345 g/mol. The summed E-state index contributed by atoms with van der Waals surface area (Å²) >= 11 is 0. The molecule has 0 bridgehead atoms. The van der Waals surface area contributed by atoms with Crippen LogP contribution < -0.4 is 10.6 Å². The lowest BCUT2D eigenvalue weighted by Gasteiger charge is -2.35. The summed E-state index contributed by atoms with van der Waals surface area (Å²) in [4.78, 5) is 42.4. The zero-order chi connectivity index (χ0) is 18.3. The van der Waals surface area contributed by atoms with Gasteiger partial charge in [-0.15, -0.1) is 0 Å². The van der Waals surface area contributed by atoms with Gasteiger partial charge in [-0.3, -0.25) is 14.9 Å². The molecule has 3 amide bonds. The summed E-state index contributed by atoms with van der Waals surface area (Å²) in [6, 6.07) is 4.24. The fourth-order valence-electron chi connectivity index (χ4n) is 2.96. The molecule has 2 atom stereocenters. The van der Waals surface area contributed by atoms with Gasteiger partial charge in [0.15, 0.2) is 12.2 Å². The van der Waals surface area contributed by atoms with Crippen molar-refractivity contribution in [2.45, 2.75) is 26.1 Å². The summed E-state index contributed by atoms with van der Waals surface area (Å²) < 4.78 is 0. The number of carbonyl (C=O) groups excluding carboxylic acids is 2. The van der Waals surface area contributed by atoms with Gasteiger partial charge in [-0.05, 0) is 31.0 Å². The van der Waals surface area contributed by atoms with Crippen molar-refractivity contribution in [3.63, 3.8) is 0 Å². The Bertz CT molecular complexity index is 791. The standard InChI is InChI=1S/C16H19N5O4/c1-8-5-4-6-10(9(8)2)17-15-18-13-12(21(15)7-11(22)23)14(24)19-16(25)20(13)3/h4-6,12-13H,7H2,1-3H3,(H,17,18)(H,22,23)(H,19,24,25). The molecule has 2 aliphatic rings. The van der Waals surface area contributed by atoms with Crippen LogP contribution in [0.25, 0.3) is 0 Å². The second-order valence-electron chi connectivity index (χ2n) is 6.11. The molecule has 1 aromatic carbocycles. The maximum atomic E-state index is 12.2. The molecular formula is C16H19N5O4. The van der Waals surface area contributed by atoms with Gasteiger partial charge in [0.1, 0.15) is 6.54 Å². The highest BCUT2D eigenvalue weighted by atomic mass is 16.4. The number of aliphatic imine (C=N–C) groups is 1. The van der Waals surface area contributed by atoms with Crippen molar-refractivity contribution in [2.24, 2.45) is 4.99 Å². The number of aliphatic carboxylic acids is 1. The number of imide groups is 1. The third-order valence-electron chi connectivity index (χ3n) is 4.52. The Morgan fingerprint density at radius 1 is 1.36 bits per heavy atom. The molecule has 2 aliphatic heterocycles. The number of carboxylic acids is 1. The number of benzene rings is 1. The number of guanidine groups is 1. The molecule has 1 saturated heterocycles. The Kier molecular flexibility index (Phi) is 4.07. The van der Waals surface area contributed by atoms with Gasteiger partial charge >= 0.3 is 12.0 Å². The molecule has 0 aromatic heterocycles. The molecule has 9 nitrogen and oxygen atoms in total. The molecule has 0 saturated carbocycles. The van der Waals surface area contributed by atoms with E-state index in [4.69, 9.17) is 0 Å². The van der Waals surface area contributed by atoms with Crippen molar-refractivity contribution < 1.29 is 19.5 Å². The molecule has 2 heterocycles. The summed E-state index contributed by atoms with van der Waals surface area (Å²) in [5, 5.41) is 14.5. The van der Waals surface area contributed by atoms with Gasteiger partial charge < -0.3 is 20.2 Å². The number of fused-ring (bicyclic) bond motifs is 1. The minimum Gasteiger partial charge on any atom is -0.480 e. The van der Waals surface area contributed by atoms with E-state index in [1.807, 2.05) is 32.0 Å². The van der Waals surface area contributed by atoms with E-state index in [9.17, 15) is 19.5 Å². The number of hydrogen-bond donors (Lipinski definition) is 3. The summed E-state index contributed by atoms with van der Waals surface area (Å²) in [5.74, 6) is -1.40. The summed E-state index contributed by atoms with van der Waals surface area (Å²) in [6.07, 6.45) is -0.770. The van der Waals surface area contributed by atoms with E-state index < -0.39 is 36.7 Å². The van der Waals surface area contributed by atoms with Crippen molar-refractivity contribution in [2.75, 3.05) is 18.9 Å². The van der Waals surface area contributed by atoms with Crippen molar-refractivity contribution in [1.29, 1.82) is 0 Å². The van der Waals surface area contributed by atoms with Gasteiger partial charge in [0.25, 0.3) is 5.91 Å². The Labute approximate surface area is 144 Å². The van der Waals surface area contributed by atoms with E-state index in [1.54, 1.807) is 0 Å². The van der Waals surface area contributed by atoms with Crippen LogP contribution in [-0.4, -0.2) is 64.6 Å². The van der Waals surface area contributed by atoms with Crippen molar-refractivity contribution in [3.05, 3.63) is 29.3 Å². The van der Waals surface area contributed by atoms with Crippen molar-refractivity contribution in [1.82, 2.24) is 15.1 Å². The van der Waals surface area contributed by atoms with Gasteiger partial charge in [-0.1, -0.05) is 12.1 Å². The molecule has 1 fully saturated rings. The normalized spacial score (nSPS) is 22.4. The maximum absolute atomic E-state index is 12.2. The lowest BCUT2D eigenvalue weighted by Crippen LogP contribution is -2.64. The van der Waals surface area contributed by atoms with Crippen LogP contribution in [0.2, 0.25) is 0 Å². The molecular weight excluding hydrogens is 326 g/mol. The van der Waals surface area contributed by atoms with Crippen LogP contribution in [-0.2, 0) is 9.59 Å². The predicted molar refractivity (Wildman–Crippen MR) is 90.2 cm³/mol. The summed E-state index contributed by atoms with van der Waals surface area (Å²) in [7, 11) is 1.52. The molecule has 0 spiro atoms. The lowest BCUT2D eigenvalue weighted by atomic mass is 10.1. The summed E-state index contributed by atoms with van der Waals surface area (Å²) in [6.45, 7) is 3.49. The monoisotopic (exact) mass is 345 g/mol. The lowest BCUT2D eigenvalue weighted by molar-refractivity contribution is -0.138. The Hall–Kier alpha value is -3.10. The number of carbonyl (C=O) groups is 3. The van der Waals surface area contributed by atoms with Crippen LogP contribution in [0.1, 0.15) is 11.1 Å². The molecule has 0 radical (unpaired) electrons. The number of rotatable bonds is 3. The third-order valence-corrected chi connectivity index (χ3v) is 4.52. The van der Waals surface area contributed by atoms with Crippen LogP contribution in [0.3, 0.4) is 0 Å². The number of amides is 3. The Balaban J connectivity index is 1.97. The van der Waals surface area contributed by atoms with E-state index in [-0.39, 0.29) is 5.96 Å². The van der Waals surface area contributed by atoms with Gasteiger partial charge in [-0.25, -0.2) is 9.79 Å². The number of likely N-dealkylation sites (N-methyl/N-ethyl adjacent to an activating group) is 1. The van der Waals surface area contributed by atoms with Crippen LogP contribution in [0.4, 0.5) is 10.5 Å². The first-order valence-electron chi connectivity index (χ1n) is 7.76. The van der Waals surface area contributed by atoms with Gasteiger partial charge in [0.2, 0.25) is 5.96 Å². The molecule has 3 rings (SSSR count). The fourth-order valence-corrected chi connectivity index (χ4v) is 2.96. The quantitative estimate of drug-likeness (QED) is 0.728. The second kappa shape index (κ2) is 6.08. The van der Waals surface area contributed by atoms with Crippen LogP contribution in [0.15, 0.2) is 23.2 Å². The van der Waals surface area contributed by atoms with Crippen molar-refractivity contribution in [3.8, 4) is 0 Å². The zero-order valence-corrected chi connectivity index (χ0v) is 14.1. The first-order valence-corrected chi connectivity index (χ1v) is 7.76. The summed E-state index contributed by atoms with van der Waals surface area (Å²) in [5.41, 5.74) is 2.82. The van der Waals surface area contributed by atoms with E-state index in [0.717, 1.165) is 16.8 Å². The van der Waals surface area contributed by atoms with E-state index >= 15 is 0 Å². The van der Waals surface area contributed by atoms with Crippen molar-refractivity contribution >= 4 is 29.6 Å². The number of hydrogen-bond acceptors (Lipinski definition) is 6. The number of carboxylic acid groups (broad SMARTS) is 1. The zero-order valence-electron chi connectivity index (χ0n) is 14.1. The molecule has 9 heteroatoms. The number of urea groups is 1. The number of nitrogens with one attached hydrogen (secondary N) is 2. The topological polar surface area (TPSA) is 114 Å². The predicted octanol–water partition coefficient (Wildman–Crippen LogP) is 0.348.